The fourth-order valence-corrected chi connectivity index (χ4v) is 5.43. The summed E-state index contributed by atoms with van der Waals surface area (Å²) in [6, 6.07) is 9.44. The summed E-state index contributed by atoms with van der Waals surface area (Å²) in [5.41, 5.74) is 3.45. The lowest BCUT2D eigenvalue weighted by atomic mass is 9.90. The Morgan fingerprint density at radius 1 is 1.24 bits per heavy atom. The molecule has 8 nitrogen and oxygen atoms in total. The number of aromatic amines is 1. The fourth-order valence-electron chi connectivity index (χ4n) is 5.43. The molecule has 1 unspecified atom stereocenters. The van der Waals surface area contributed by atoms with E-state index in [1.54, 1.807) is 12.4 Å². The first-order chi connectivity index (χ1) is 16.5. The van der Waals surface area contributed by atoms with Crippen molar-refractivity contribution in [1.29, 1.82) is 0 Å². The molecule has 2 fully saturated rings. The van der Waals surface area contributed by atoms with Crippen molar-refractivity contribution in [3.05, 3.63) is 59.9 Å². The number of pyridine rings is 1. The zero-order valence-electron chi connectivity index (χ0n) is 19.1. The summed E-state index contributed by atoms with van der Waals surface area (Å²) in [5, 5.41) is 4.04. The minimum Gasteiger partial charge on any atom is -0.459 e. The average Bonchev–Trinajstić information content (AvgIpc) is 3.14. The standard InChI is InChI=1S/C26H27N5O3/c1-16-29-21-3-2-18(11-22(21)30-16)25(33)31-8-5-26(6-9-31)13-19(26)14-28-24(32)12-20-10-17-4-7-27-15-23(17)34-20/h2-4,7,10-11,15,19H,5-6,8-9,12-14H2,1H3,(H,28,32)(H,29,30). The van der Waals surface area contributed by atoms with Crippen LogP contribution in [0.1, 0.15) is 41.2 Å². The molecule has 2 amide bonds. The van der Waals surface area contributed by atoms with Crippen molar-refractivity contribution >= 4 is 33.8 Å². The van der Waals surface area contributed by atoms with E-state index in [1.165, 1.54) is 0 Å². The molecule has 34 heavy (non-hydrogen) atoms. The Bertz CT molecular complexity index is 1360. The van der Waals surface area contributed by atoms with Gasteiger partial charge in [0.2, 0.25) is 5.91 Å². The van der Waals surface area contributed by atoms with Crippen LogP contribution in [-0.4, -0.2) is 51.3 Å². The van der Waals surface area contributed by atoms with Crippen LogP contribution >= 0.6 is 0 Å². The zero-order chi connectivity index (χ0) is 23.3. The smallest absolute Gasteiger partial charge is 0.253 e. The lowest BCUT2D eigenvalue weighted by molar-refractivity contribution is -0.120. The van der Waals surface area contributed by atoms with Crippen LogP contribution in [0.2, 0.25) is 0 Å². The van der Waals surface area contributed by atoms with E-state index in [0.29, 0.717) is 29.4 Å². The SMILES string of the molecule is Cc1nc2ccc(C(=O)N3CCC4(CC3)CC4CNC(=O)Cc3cc4ccncc4o3)cc2[nH]1. The largest absolute Gasteiger partial charge is 0.459 e. The minimum absolute atomic E-state index is 0.0221. The first-order valence-corrected chi connectivity index (χ1v) is 11.8. The normalized spacial score (nSPS) is 19.1. The van der Waals surface area contributed by atoms with Crippen molar-refractivity contribution in [2.24, 2.45) is 11.3 Å². The molecule has 1 aliphatic heterocycles. The van der Waals surface area contributed by atoms with Crippen LogP contribution in [0.15, 0.2) is 47.1 Å². The molecule has 1 spiro atoms. The zero-order valence-corrected chi connectivity index (χ0v) is 19.1. The molecule has 8 heteroatoms. The summed E-state index contributed by atoms with van der Waals surface area (Å²) in [4.78, 5) is 39.1. The van der Waals surface area contributed by atoms with E-state index in [0.717, 1.165) is 54.6 Å². The molecule has 1 saturated carbocycles. The van der Waals surface area contributed by atoms with Gasteiger partial charge in [-0.3, -0.25) is 14.6 Å². The number of nitrogens with zero attached hydrogens (tertiary/aromatic N) is 3. The highest BCUT2D eigenvalue weighted by atomic mass is 16.3. The third-order valence-corrected chi connectivity index (χ3v) is 7.51. The van der Waals surface area contributed by atoms with E-state index in [4.69, 9.17) is 4.42 Å². The number of carbonyl (C=O) groups excluding carboxylic acids is 2. The molecule has 1 aliphatic carbocycles. The summed E-state index contributed by atoms with van der Waals surface area (Å²) in [6.45, 7) is 4.12. The van der Waals surface area contributed by atoms with E-state index in [2.05, 4.69) is 20.3 Å². The third kappa shape index (κ3) is 3.83. The lowest BCUT2D eigenvalue weighted by Crippen LogP contribution is -2.40. The molecule has 4 heterocycles. The second kappa shape index (κ2) is 7.97. The van der Waals surface area contributed by atoms with Crippen LogP contribution in [0.4, 0.5) is 0 Å². The Balaban J connectivity index is 0.999. The first kappa shape index (κ1) is 20.9. The lowest BCUT2D eigenvalue weighted by Gasteiger charge is -2.33. The second-order valence-electron chi connectivity index (χ2n) is 9.72. The van der Waals surface area contributed by atoms with Crippen LogP contribution in [0, 0.1) is 18.3 Å². The van der Waals surface area contributed by atoms with Crippen LogP contribution in [-0.2, 0) is 11.2 Å². The van der Waals surface area contributed by atoms with E-state index in [-0.39, 0.29) is 23.7 Å². The van der Waals surface area contributed by atoms with Crippen molar-refractivity contribution in [3.8, 4) is 0 Å². The minimum atomic E-state index is -0.0221. The Morgan fingerprint density at radius 2 is 2.09 bits per heavy atom. The van der Waals surface area contributed by atoms with Gasteiger partial charge >= 0.3 is 0 Å². The highest BCUT2D eigenvalue weighted by molar-refractivity contribution is 5.97. The van der Waals surface area contributed by atoms with Crippen molar-refractivity contribution in [1.82, 2.24) is 25.2 Å². The fraction of sp³-hybridized carbons (Fsp3) is 0.385. The van der Waals surface area contributed by atoms with Gasteiger partial charge in [-0.15, -0.1) is 0 Å². The predicted molar refractivity (Wildman–Crippen MR) is 127 cm³/mol. The highest BCUT2D eigenvalue weighted by Crippen LogP contribution is 2.59. The van der Waals surface area contributed by atoms with E-state index >= 15 is 0 Å². The molecule has 1 aromatic carbocycles. The number of carbonyl (C=O) groups is 2. The van der Waals surface area contributed by atoms with Gasteiger partial charge in [0.1, 0.15) is 11.6 Å². The molecule has 3 aromatic heterocycles. The van der Waals surface area contributed by atoms with E-state index < -0.39 is 0 Å². The maximum atomic E-state index is 13.0. The number of aryl methyl sites for hydroxylation is 1. The van der Waals surface area contributed by atoms with Crippen LogP contribution < -0.4 is 5.32 Å². The van der Waals surface area contributed by atoms with E-state index in [9.17, 15) is 9.59 Å². The van der Waals surface area contributed by atoms with Crippen molar-refractivity contribution < 1.29 is 14.0 Å². The van der Waals surface area contributed by atoms with Crippen LogP contribution in [0.25, 0.3) is 22.0 Å². The van der Waals surface area contributed by atoms with Gasteiger partial charge in [0, 0.05) is 36.8 Å². The summed E-state index contributed by atoms with van der Waals surface area (Å²) in [7, 11) is 0. The topological polar surface area (TPSA) is 104 Å². The van der Waals surface area contributed by atoms with Gasteiger partial charge in [0.15, 0.2) is 5.58 Å². The number of imidazole rings is 1. The number of aromatic nitrogens is 3. The second-order valence-corrected chi connectivity index (χ2v) is 9.72. The number of benzene rings is 1. The molecule has 4 aromatic rings. The number of likely N-dealkylation sites (tertiary alicyclic amines) is 1. The molecule has 2 aliphatic rings. The van der Waals surface area contributed by atoms with Crippen molar-refractivity contribution in [2.75, 3.05) is 19.6 Å². The monoisotopic (exact) mass is 457 g/mol. The maximum Gasteiger partial charge on any atom is 0.253 e. The van der Waals surface area contributed by atoms with Gasteiger partial charge in [0.05, 0.1) is 23.7 Å². The number of furan rings is 1. The Labute approximate surface area is 196 Å². The van der Waals surface area contributed by atoms with Gasteiger partial charge in [-0.25, -0.2) is 4.98 Å². The van der Waals surface area contributed by atoms with Gasteiger partial charge in [0.25, 0.3) is 5.91 Å². The number of H-pyrrole nitrogens is 1. The Morgan fingerprint density at radius 3 is 2.91 bits per heavy atom. The molecule has 6 rings (SSSR count). The Kier molecular flexibility index (Phi) is 4.90. The number of hydrogen-bond acceptors (Lipinski definition) is 5. The molecular weight excluding hydrogens is 430 g/mol. The quantitative estimate of drug-likeness (QED) is 0.476. The predicted octanol–water partition coefficient (Wildman–Crippen LogP) is 3.61. The molecule has 0 radical (unpaired) electrons. The van der Waals surface area contributed by atoms with Gasteiger partial charge in [-0.2, -0.15) is 0 Å². The van der Waals surface area contributed by atoms with Crippen molar-refractivity contribution in [2.45, 2.75) is 32.6 Å². The molecule has 174 valence electrons. The third-order valence-electron chi connectivity index (χ3n) is 7.51. The van der Waals surface area contributed by atoms with Gasteiger partial charge in [-0.05, 0) is 67.9 Å². The van der Waals surface area contributed by atoms with Crippen LogP contribution in [0.5, 0.6) is 0 Å². The molecule has 0 bridgehead atoms. The molecule has 1 atom stereocenters. The number of hydrogen-bond donors (Lipinski definition) is 2. The van der Waals surface area contributed by atoms with Crippen molar-refractivity contribution in [3.63, 3.8) is 0 Å². The maximum absolute atomic E-state index is 13.0. The van der Waals surface area contributed by atoms with E-state index in [1.807, 2.05) is 42.2 Å². The molecular formula is C26H27N5O3. The summed E-state index contributed by atoms with van der Waals surface area (Å²) < 4.78 is 5.70. The number of piperidine rings is 1. The molecule has 1 saturated heterocycles. The number of fused-ring (bicyclic) bond motifs is 2. The summed E-state index contributed by atoms with van der Waals surface area (Å²) in [6.07, 6.45) is 6.70. The number of amides is 2. The van der Waals surface area contributed by atoms with Gasteiger partial charge in [-0.1, -0.05) is 0 Å². The first-order valence-electron chi connectivity index (χ1n) is 11.8. The number of rotatable bonds is 5. The average molecular weight is 458 g/mol. The summed E-state index contributed by atoms with van der Waals surface area (Å²) in [5.74, 6) is 2.04. The number of nitrogens with one attached hydrogen (secondary N) is 2. The van der Waals surface area contributed by atoms with Crippen LogP contribution in [0.3, 0.4) is 0 Å². The highest BCUT2D eigenvalue weighted by Gasteiger charge is 2.54. The van der Waals surface area contributed by atoms with Gasteiger partial charge < -0.3 is 19.6 Å². The molecule has 2 N–H and O–H groups in total. The Hall–Kier alpha value is -3.68. The summed E-state index contributed by atoms with van der Waals surface area (Å²) >= 11 is 0.